The Balaban J connectivity index is 1.91. The molecular formula is C20H16F3NO3. The molecular weight excluding hydrogens is 359 g/mol. The second-order valence-corrected chi connectivity index (χ2v) is 6.18. The Morgan fingerprint density at radius 2 is 1.70 bits per heavy atom. The van der Waals surface area contributed by atoms with Crippen LogP contribution in [0.2, 0.25) is 0 Å². The first-order valence-electron chi connectivity index (χ1n) is 8.24. The molecule has 0 bridgehead atoms. The number of amides is 1. The maximum absolute atomic E-state index is 12.9. The van der Waals surface area contributed by atoms with Crippen LogP contribution in [0.5, 0.6) is 0 Å². The molecule has 1 amide bonds. The third kappa shape index (κ3) is 3.86. The smallest absolute Gasteiger partial charge is 0.423 e. The Bertz CT molecular complexity index is 891. The first-order chi connectivity index (χ1) is 12.8. The van der Waals surface area contributed by atoms with Gasteiger partial charge in [-0.1, -0.05) is 54.6 Å². The largest absolute Gasteiger partial charge is 0.478 e. The number of carboxylic acid groups (broad SMARTS) is 1. The van der Waals surface area contributed by atoms with Crippen LogP contribution < -0.4 is 4.90 Å². The van der Waals surface area contributed by atoms with E-state index in [1.165, 1.54) is 4.90 Å². The van der Waals surface area contributed by atoms with Crippen LogP contribution in [0.4, 0.5) is 18.9 Å². The lowest BCUT2D eigenvalue weighted by Crippen LogP contribution is -2.28. The van der Waals surface area contributed by atoms with Gasteiger partial charge in [-0.05, 0) is 23.6 Å². The summed E-state index contributed by atoms with van der Waals surface area (Å²) in [5.41, 5.74) is 0.461. The van der Waals surface area contributed by atoms with Crippen LogP contribution in [0.25, 0.3) is 0 Å². The quantitative estimate of drug-likeness (QED) is 0.794. The number of halogens is 3. The van der Waals surface area contributed by atoms with E-state index in [-0.39, 0.29) is 12.3 Å². The monoisotopic (exact) mass is 375 g/mol. The number of carboxylic acids is 1. The molecule has 0 aliphatic carbocycles. The summed E-state index contributed by atoms with van der Waals surface area (Å²) in [5, 5.41) is 8.81. The number of alkyl halides is 3. The molecule has 2 aromatic carbocycles. The van der Waals surface area contributed by atoms with E-state index in [0.717, 1.165) is 5.56 Å². The second-order valence-electron chi connectivity index (χ2n) is 6.18. The normalized spacial score (nSPS) is 17.1. The number of fused-ring (bicyclic) bond motifs is 1. The van der Waals surface area contributed by atoms with E-state index < -0.39 is 23.6 Å². The third-order valence-corrected chi connectivity index (χ3v) is 4.44. The molecule has 1 N–H and O–H groups in total. The predicted octanol–water partition coefficient (Wildman–Crippen LogP) is 4.28. The zero-order chi connectivity index (χ0) is 19.6. The number of allylic oxidation sites excluding steroid dienone is 1. The number of nitrogens with zero attached hydrogens (tertiary/aromatic N) is 1. The molecule has 0 fully saturated rings. The average Bonchev–Trinajstić information content (AvgIpc) is 2.87. The summed E-state index contributed by atoms with van der Waals surface area (Å²) < 4.78 is 38.6. The molecule has 1 aliphatic rings. The maximum Gasteiger partial charge on any atom is 0.423 e. The third-order valence-electron chi connectivity index (χ3n) is 4.44. The molecule has 0 spiro atoms. The molecule has 0 radical (unpaired) electrons. The summed E-state index contributed by atoms with van der Waals surface area (Å²) in [6.45, 7) is 0.294. The standard InChI is InChI=1S/C20H16F3NO3/c21-20(22,23)16(19(26)27)11-10-15-14-8-4-5-9-17(14)24(18(15)25)12-13-6-2-1-3-7-13/h1-9,11,15H,10,12H2,(H,26,27)/b16-11-. The number of rotatable bonds is 5. The molecule has 3 rings (SSSR count). The molecule has 0 saturated carbocycles. The van der Waals surface area contributed by atoms with Crippen molar-refractivity contribution >= 4 is 17.6 Å². The molecule has 1 unspecified atom stereocenters. The Morgan fingerprint density at radius 3 is 2.33 bits per heavy atom. The first kappa shape index (κ1) is 18.7. The van der Waals surface area contributed by atoms with E-state index in [9.17, 15) is 22.8 Å². The minimum Gasteiger partial charge on any atom is -0.478 e. The summed E-state index contributed by atoms with van der Waals surface area (Å²) in [7, 11) is 0. The molecule has 0 saturated heterocycles. The number of benzene rings is 2. The van der Waals surface area contributed by atoms with Crippen molar-refractivity contribution in [2.45, 2.75) is 25.1 Å². The number of carbonyl (C=O) groups excluding carboxylic acids is 1. The van der Waals surface area contributed by atoms with E-state index in [0.29, 0.717) is 23.9 Å². The number of carbonyl (C=O) groups is 2. The molecule has 27 heavy (non-hydrogen) atoms. The van der Waals surface area contributed by atoms with E-state index in [1.807, 2.05) is 30.3 Å². The van der Waals surface area contributed by atoms with Crippen LogP contribution in [-0.2, 0) is 16.1 Å². The fraction of sp³-hybridized carbons (Fsp3) is 0.200. The summed E-state index contributed by atoms with van der Waals surface area (Å²) in [6.07, 6.45) is -4.72. The Morgan fingerprint density at radius 1 is 1.07 bits per heavy atom. The SMILES string of the molecule is O=C(O)/C(=C/CC1C(=O)N(Cc2ccccc2)c2ccccc21)C(F)(F)F. The highest BCUT2D eigenvalue weighted by molar-refractivity contribution is 6.05. The van der Waals surface area contributed by atoms with Gasteiger partial charge in [0.2, 0.25) is 5.91 Å². The molecule has 1 heterocycles. The van der Waals surface area contributed by atoms with Gasteiger partial charge in [0, 0.05) is 5.69 Å². The van der Waals surface area contributed by atoms with Gasteiger partial charge in [-0.15, -0.1) is 0 Å². The first-order valence-corrected chi connectivity index (χ1v) is 8.24. The van der Waals surface area contributed by atoms with Crippen LogP contribution in [0, 0.1) is 0 Å². The van der Waals surface area contributed by atoms with Crippen molar-refractivity contribution in [1.29, 1.82) is 0 Å². The topological polar surface area (TPSA) is 57.6 Å². The van der Waals surface area contributed by atoms with Gasteiger partial charge in [0.05, 0.1) is 12.5 Å². The molecule has 2 aromatic rings. The average molecular weight is 375 g/mol. The zero-order valence-corrected chi connectivity index (χ0v) is 14.1. The minimum absolute atomic E-state index is 0.294. The molecule has 7 heteroatoms. The van der Waals surface area contributed by atoms with Crippen LogP contribution in [0.1, 0.15) is 23.5 Å². The molecule has 1 atom stereocenters. The van der Waals surface area contributed by atoms with Gasteiger partial charge >= 0.3 is 12.1 Å². The van der Waals surface area contributed by atoms with Gasteiger partial charge in [-0.25, -0.2) is 4.79 Å². The summed E-state index contributed by atoms with van der Waals surface area (Å²) in [4.78, 5) is 25.3. The van der Waals surface area contributed by atoms with Gasteiger partial charge in [-0.2, -0.15) is 13.2 Å². The van der Waals surface area contributed by atoms with E-state index in [1.54, 1.807) is 24.3 Å². The number of hydrogen-bond donors (Lipinski definition) is 1. The zero-order valence-electron chi connectivity index (χ0n) is 14.1. The summed E-state index contributed by atoms with van der Waals surface area (Å²) in [6, 6.07) is 16.1. The number of anilines is 1. The number of hydrogen-bond acceptors (Lipinski definition) is 2. The molecule has 4 nitrogen and oxygen atoms in total. The van der Waals surface area contributed by atoms with Crippen molar-refractivity contribution in [1.82, 2.24) is 0 Å². The predicted molar refractivity (Wildman–Crippen MR) is 93.2 cm³/mol. The van der Waals surface area contributed by atoms with Gasteiger partial charge < -0.3 is 10.0 Å². The van der Waals surface area contributed by atoms with Crippen LogP contribution >= 0.6 is 0 Å². The van der Waals surface area contributed by atoms with Crippen molar-refractivity contribution in [3.63, 3.8) is 0 Å². The van der Waals surface area contributed by atoms with Crippen molar-refractivity contribution in [2.75, 3.05) is 4.90 Å². The van der Waals surface area contributed by atoms with Crippen molar-refractivity contribution in [3.8, 4) is 0 Å². The minimum atomic E-state index is -4.98. The Kier molecular flexibility index (Phi) is 5.03. The summed E-state index contributed by atoms with van der Waals surface area (Å²) in [5.74, 6) is -3.24. The van der Waals surface area contributed by atoms with Crippen LogP contribution in [-0.4, -0.2) is 23.2 Å². The van der Waals surface area contributed by atoms with Gasteiger partial charge in [0.25, 0.3) is 0 Å². The van der Waals surface area contributed by atoms with Gasteiger partial charge in [0.1, 0.15) is 5.57 Å². The maximum atomic E-state index is 12.9. The highest BCUT2D eigenvalue weighted by Crippen LogP contribution is 2.40. The summed E-state index contributed by atoms with van der Waals surface area (Å²) >= 11 is 0. The van der Waals surface area contributed by atoms with Gasteiger partial charge in [0.15, 0.2) is 0 Å². The lowest BCUT2D eigenvalue weighted by atomic mass is 9.96. The van der Waals surface area contributed by atoms with Crippen LogP contribution in [0.15, 0.2) is 66.2 Å². The lowest BCUT2D eigenvalue weighted by molar-refractivity contribution is -0.145. The highest BCUT2D eigenvalue weighted by Gasteiger charge is 2.41. The fourth-order valence-corrected chi connectivity index (χ4v) is 3.18. The van der Waals surface area contributed by atoms with Gasteiger partial charge in [-0.3, -0.25) is 4.79 Å². The molecule has 140 valence electrons. The van der Waals surface area contributed by atoms with E-state index in [2.05, 4.69) is 0 Å². The Hall–Kier alpha value is -3.09. The molecule has 0 aromatic heterocycles. The molecule has 1 aliphatic heterocycles. The van der Waals surface area contributed by atoms with E-state index >= 15 is 0 Å². The van der Waals surface area contributed by atoms with Crippen LogP contribution in [0.3, 0.4) is 0 Å². The lowest BCUT2D eigenvalue weighted by Gasteiger charge is -2.18. The van der Waals surface area contributed by atoms with Crippen molar-refractivity contribution in [3.05, 3.63) is 77.4 Å². The Labute approximate surface area is 153 Å². The number of aliphatic carboxylic acids is 1. The second kappa shape index (κ2) is 7.26. The highest BCUT2D eigenvalue weighted by atomic mass is 19.4. The van der Waals surface area contributed by atoms with Crippen molar-refractivity contribution < 1.29 is 27.9 Å². The van der Waals surface area contributed by atoms with E-state index in [4.69, 9.17) is 5.11 Å². The van der Waals surface area contributed by atoms with Crippen molar-refractivity contribution in [2.24, 2.45) is 0 Å². The fourth-order valence-electron chi connectivity index (χ4n) is 3.18. The number of para-hydroxylation sites is 1.